The molecular weight excluding hydrogens is 348 g/mol. The Bertz CT molecular complexity index is 947. The molecule has 6 nitrogen and oxygen atoms in total. The van der Waals surface area contributed by atoms with Crippen molar-refractivity contribution in [2.24, 2.45) is 7.05 Å². The quantitative estimate of drug-likeness (QED) is 0.716. The minimum Gasteiger partial charge on any atom is -0.327 e. The maximum absolute atomic E-state index is 12.8. The molecule has 1 aromatic carbocycles. The summed E-state index contributed by atoms with van der Waals surface area (Å²) in [5.74, 6) is -0.172. The van der Waals surface area contributed by atoms with E-state index in [2.05, 4.69) is 5.10 Å². The zero-order valence-electron chi connectivity index (χ0n) is 14.3. The van der Waals surface area contributed by atoms with Crippen LogP contribution in [0, 0.1) is 0 Å². The Hall–Kier alpha value is -2.93. The van der Waals surface area contributed by atoms with E-state index < -0.39 is 0 Å². The first-order valence-corrected chi connectivity index (χ1v) is 9.17. The number of aromatic nitrogens is 2. The molecule has 2 aromatic heterocycles. The number of rotatable bonds is 3. The molecule has 0 radical (unpaired) electrons. The maximum Gasteiger partial charge on any atom is 0.264 e. The van der Waals surface area contributed by atoms with E-state index in [-0.39, 0.29) is 18.4 Å². The molecule has 0 aliphatic carbocycles. The van der Waals surface area contributed by atoms with E-state index in [0.29, 0.717) is 18.0 Å². The highest BCUT2D eigenvalue weighted by Gasteiger charge is 2.29. The first-order valence-electron chi connectivity index (χ1n) is 8.35. The Balaban J connectivity index is 1.47. The van der Waals surface area contributed by atoms with E-state index in [1.54, 1.807) is 26.9 Å². The number of carbonyl (C=O) groups is 2. The van der Waals surface area contributed by atoms with Crippen molar-refractivity contribution < 1.29 is 9.59 Å². The van der Waals surface area contributed by atoms with E-state index in [0.717, 1.165) is 16.1 Å². The van der Waals surface area contributed by atoms with Crippen LogP contribution in [0.3, 0.4) is 0 Å². The number of anilines is 1. The summed E-state index contributed by atoms with van der Waals surface area (Å²) in [6.07, 6.45) is 3.47. The van der Waals surface area contributed by atoms with Gasteiger partial charge in [-0.1, -0.05) is 30.3 Å². The van der Waals surface area contributed by atoms with Crippen molar-refractivity contribution in [3.05, 3.63) is 59.7 Å². The van der Waals surface area contributed by atoms with Gasteiger partial charge in [-0.3, -0.25) is 14.3 Å². The molecule has 3 aromatic rings. The van der Waals surface area contributed by atoms with E-state index in [9.17, 15) is 9.59 Å². The van der Waals surface area contributed by atoms with E-state index in [4.69, 9.17) is 0 Å². The van der Waals surface area contributed by atoms with Crippen molar-refractivity contribution in [1.29, 1.82) is 0 Å². The highest BCUT2D eigenvalue weighted by molar-refractivity contribution is 7.17. The van der Waals surface area contributed by atoms with Crippen LogP contribution in [-0.2, 0) is 11.8 Å². The molecule has 3 heterocycles. The number of hydrogen-bond acceptors (Lipinski definition) is 4. The second-order valence-corrected chi connectivity index (χ2v) is 7.26. The fourth-order valence-electron chi connectivity index (χ4n) is 3.03. The Labute approximate surface area is 155 Å². The maximum atomic E-state index is 12.8. The lowest BCUT2D eigenvalue weighted by atomic mass is 10.2. The number of thiophene rings is 1. The lowest BCUT2D eigenvalue weighted by Crippen LogP contribution is -2.52. The van der Waals surface area contributed by atoms with Gasteiger partial charge in [-0.15, -0.1) is 11.3 Å². The summed E-state index contributed by atoms with van der Waals surface area (Å²) in [5.41, 5.74) is 1.86. The second kappa shape index (κ2) is 6.76. The van der Waals surface area contributed by atoms with Crippen LogP contribution in [-0.4, -0.2) is 46.1 Å². The van der Waals surface area contributed by atoms with Gasteiger partial charge >= 0.3 is 0 Å². The Kier molecular flexibility index (Phi) is 4.30. The van der Waals surface area contributed by atoms with Gasteiger partial charge in [-0.05, 0) is 17.7 Å². The molecule has 26 heavy (non-hydrogen) atoms. The van der Waals surface area contributed by atoms with Crippen molar-refractivity contribution in [3.8, 4) is 10.4 Å². The second-order valence-electron chi connectivity index (χ2n) is 6.17. The standard InChI is InChI=1S/C19H18N4O2S/c1-21-12-15(11-20-21)23-10-9-22(13-18(23)24)19(25)17-8-7-16(26-17)14-5-3-2-4-6-14/h2-8,11-12H,9-10,13H2,1H3. The van der Waals surface area contributed by atoms with Crippen LogP contribution >= 0.6 is 11.3 Å². The van der Waals surface area contributed by atoms with E-state index >= 15 is 0 Å². The molecular formula is C19H18N4O2S. The average Bonchev–Trinajstić information content (AvgIpc) is 3.31. The summed E-state index contributed by atoms with van der Waals surface area (Å²) in [6, 6.07) is 13.8. The summed E-state index contributed by atoms with van der Waals surface area (Å²) >= 11 is 1.46. The molecule has 7 heteroatoms. The van der Waals surface area contributed by atoms with Crippen LogP contribution < -0.4 is 4.90 Å². The Morgan fingerprint density at radius 2 is 1.92 bits per heavy atom. The van der Waals surface area contributed by atoms with Gasteiger partial charge in [0.05, 0.1) is 16.8 Å². The van der Waals surface area contributed by atoms with Crippen LogP contribution in [0.15, 0.2) is 54.9 Å². The summed E-state index contributed by atoms with van der Waals surface area (Å²) < 4.78 is 1.66. The monoisotopic (exact) mass is 366 g/mol. The molecule has 0 N–H and O–H groups in total. The summed E-state index contributed by atoms with van der Waals surface area (Å²) in [7, 11) is 1.81. The molecule has 1 saturated heterocycles. The molecule has 1 aliphatic heterocycles. The largest absolute Gasteiger partial charge is 0.327 e. The lowest BCUT2D eigenvalue weighted by molar-refractivity contribution is -0.120. The van der Waals surface area contributed by atoms with Gasteiger partial charge in [0, 0.05) is 31.2 Å². The average molecular weight is 366 g/mol. The molecule has 4 rings (SSSR count). The zero-order chi connectivity index (χ0) is 18.1. The Morgan fingerprint density at radius 1 is 1.12 bits per heavy atom. The number of amides is 2. The predicted molar refractivity (Wildman–Crippen MR) is 101 cm³/mol. The molecule has 0 saturated carbocycles. The van der Waals surface area contributed by atoms with Crippen molar-refractivity contribution >= 4 is 28.8 Å². The normalized spacial score (nSPS) is 14.7. The van der Waals surface area contributed by atoms with Crippen molar-refractivity contribution in [2.75, 3.05) is 24.5 Å². The fourth-order valence-corrected chi connectivity index (χ4v) is 4.01. The van der Waals surface area contributed by atoms with Gasteiger partial charge in [0.25, 0.3) is 5.91 Å². The third kappa shape index (κ3) is 3.13. The highest BCUT2D eigenvalue weighted by atomic mass is 32.1. The summed E-state index contributed by atoms with van der Waals surface area (Å²) in [5, 5.41) is 4.10. The number of benzene rings is 1. The van der Waals surface area contributed by atoms with Gasteiger partial charge in [0.1, 0.15) is 6.54 Å². The van der Waals surface area contributed by atoms with Gasteiger partial charge in [0.15, 0.2) is 0 Å². The molecule has 0 atom stereocenters. The summed E-state index contributed by atoms with van der Waals surface area (Å²) in [4.78, 5) is 30.3. The number of nitrogens with zero attached hydrogens (tertiary/aromatic N) is 4. The van der Waals surface area contributed by atoms with E-state index in [1.165, 1.54) is 11.3 Å². The number of carbonyl (C=O) groups excluding carboxylic acids is 2. The van der Waals surface area contributed by atoms with Crippen LogP contribution in [0.1, 0.15) is 9.67 Å². The van der Waals surface area contributed by atoms with Crippen molar-refractivity contribution in [2.45, 2.75) is 0 Å². The lowest BCUT2D eigenvalue weighted by Gasteiger charge is -2.33. The van der Waals surface area contributed by atoms with Crippen LogP contribution in [0.4, 0.5) is 5.69 Å². The molecule has 0 bridgehead atoms. The minimum atomic E-state index is -0.0867. The third-order valence-electron chi connectivity index (χ3n) is 4.39. The smallest absolute Gasteiger partial charge is 0.264 e. The third-order valence-corrected chi connectivity index (χ3v) is 5.51. The van der Waals surface area contributed by atoms with Crippen molar-refractivity contribution in [3.63, 3.8) is 0 Å². The fraction of sp³-hybridized carbons (Fsp3) is 0.211. The summed E-state index contributed by atoms with van der Waals surface area (Å²) in [6.45, 7) is 1.08. The molecule has 0 unspecified atom stereocenters. The highest BCUT2D eigenvalue weighted by Crippen LogP contribution is 2.29. The predicted octanol–water partition coefficient (Wildman–Crippen LogP) is 2.64. The van der Waals surface area contributed by atoms with Gasteiger partial charge in [-0.25, -0.2) is 0 Å². The van der Waals surface area contributed by atoms with Crippen LogP contribution in [0.2, 0.25) is 0 Å². The van der Waals surface area contributed by atoms with Gasteiger partial charge in [0.2, 0.25) is 5.91 Å². The minimum absolute atomic E-state index is 0.0857. The Morgan fingerprint density at radius 3 is 2.62 bits per heavy atom. The van der Waals surface area contributed by atoms with Crippen LogP contribution in [0.25, 0.3) is 10.4 Å². The topological polar surface area (TPSA) is 58.4 Å². The molecule has 1 aliphatic rings. The molecule has 1 fully saturated rings. The number of piperazine rings is 1. The zero-order valence-corrected chi connectivity index (χ0v) is 15.1. The number of hydrogen-bond donors (Lipinski definition) is 0. The van der Waals surface area contributed by atoms with E-state index in [1.807, 2.05) is 49.5 Å². The molecule has 132 valence electrons. The molecule has 2 amide bonds. The van der Waals surface area contributed by atoms with Gasteiger partial charge < -0.3 is 9.80 Å². The van der Waals surface area contributed by atoms with Gasteiger partial charge in [-0.2, -0.15) is 5.10 Å². The number of aryl methyl sites for hydroxylation is 1. The first kappa shape index (κ1) is 16.5. The van der Waals surface area contributed by atoms with Crippen molar-refractivity contribution in [1.82, 2.24) is 14.7 Å². The SMILES string of the molecule is Cn1cc(N2CCN(C(=O)c3ccc(-c4ccccc4)s3)CC2=O)cn1. The molecule has 0 spiro atoms. The first-order chi connectivity index (χ1) is 12.6. The van der Waals surface area contributed by atoms with Crippen LogP contribution in [0.5, 0.6) is 0 Å².